The van der Waals surface area contributed by atoms with Crippen molar-refractivity contribution < 1.29 is 4.79 Å². The number of nitrogens with two attached hydrogens (primary N) is 1. The van der Waals surface area contributed by atoms with Crippen LogP contribution in [0.15, 0.2) is 47.5 Å². The Morgan fingerprint density at radius 2 is 2.07 bits per heavy atom. The Balaban J connectivity index is 1.64. The molecule has 1 fully saturated rings. The van der Waals surface area contributed by atoms with Gasteiger partial charge in [-0.2, -0.15) is 0 Å². The van der Waals surface area contributed by atoms with E-state index in [1.54, 1.807) is 13.1 Å². The van der Waals surface area contributed by atoms with Crippen LogP contribution in [0.1, 0.15) is 46.7 Å². The standard InChI is InChI=1S/C22H26N4O/c1-24-19-14-16(10-12-21(19)25(2)23)22(27)26-13-5-8-18-17-7-4-3-6-15(17)9-11-20(18)26/h3-4,6-7,10,12,14,18,20H,1,5,8-9,11,13,23H2,2H3. The van der Waals surface area contributed by atoms with Gasteiger partial charge in [0.2, 0.25) is 0 Å². The van der Waals surface area contributed by atoms with Crippen LogP contribution in [0.5, 0.6) is 0 Å². The van der Waals surface area contributed by atoms with Crippen molar-refractivity contribution in [3.05, 3.63) is 59.2 Å². The zero-order valence-electron chi connectivity index (χ0n) is 15.8. The monoisotopic (exact) mass is 362 g/mol. The van der Waals surface area contributed by atoms with Crippen LogP contribution in [0.2, 0.25) is 0 Å². The number of anilines is 1. The number of benzene rings is 2. The molecule has 0 aromatic heterocycles. The average Bonchev–Trinajstić information content (AvgIpc) is 2.72. The normalized spacial score (nSPS) is 21.2. The fourth-order valence-electron chi connectivity index (χ4n) is 4.70. The highest BCUT2D eigenvalue weighted by Crippen LogP contribution is 2.41. The van der Waals surface area contributed by atoms with Crippen molar-refractivity contribution in [3.8, 4) is 0 Å². The van der Waals surface area contributed by atoms with Crippen molar-refractivity contribution in [3.63, 3.8) is 0 Å². The second-order valence-electron chi connectivity index (χ2n) is 7.52. The van der Waals surface area contributed by atoms with Gasteiger partial charge in [-0.05, 0) is 61.7 Å². The van der Waals surface area contributed by atoms with Crippen LogP contribution in [0, 0.1) is 0 Å². The van der Waals surface area contributed by atoms with E-state index in [-0.39, 0.29) is 11.9 Å². The molecule has 4 rings (SSSR count). The van der Waals surface area contributed by atoms with Crippen molar-refractivity contribution in [1.82, 2.24) is 4.90 Å². The molecule has 1 heterocycles. The highest BCUT2D eigenvalue weighted by Gasteiger charge is 2.38. The van der Waals surface area contributed by atoms with Gasteiger partial charge in [0.05, 0.1) is 11.4 Å². The van der Waals surface area contributed by atoms with Crippen molar-refractivity contribution in [1.29, 1.82) is 0 Å². The lowest BCUT2D eigenvalue weighted by atomic mass is 9.74. The van der Waals surface area contributed by atoms with Crippen molar-refractivity contribution in [2.75, 3.05) is 18.6 Å². The summed E-state index contributed by atoms with van der Waals surface area (Å²) in [5.41, 5.74) is 4.92. The van der Waals surface area contributed by atoms with E-state index < -0.39 is 0 Å². The molecule has 2 unspecified atom stereocenters. The van der Waals surface area contributed by atoms with E-state index in [4.69, 9.17) is 5.84 Å². The number of hydrogen-bond acceptors (Lipinski definition) is 4. The van der Waals surface area contributed by atoms with Crippen LogP contribution < -0.4 is 10.9 Å². The lowest BCUT2D eigenvalue weighted by molar-refractivity contribution is 0.0547. The highest BCUT2D eigenvalue weighted by molar-refractivity contribution is 5.96. The van der Waals surface area contributed by atoms with Gasteiger partial charge in [-0.1, -0.05) is 24.3 Å². The van der Waals surface area contributed by atoms with E-state index >= 15 is 0 Å². The first kappa shape index (κ1) is 17.7. The molecule has 1 saturated heterocycles. The lowest BCUT2D eigenvalue weighted by Crippen LogP contribution is -2.49. The number of aliphatic imine (C=N–C) groups is 1. The molecule has 2 aromatic carbocycles. The topological polar surface area (TPSA) is 61.9 Å². The highest BCUT2D eigenvalue weighted by atomic mass is 16.2. The van der Waals surface area contributed by atoms with Gasteiger partial charge in [-0.25, -0.2) is 5.84 Å². The first-order chi connectivity index (χ1) is 13.1. The number of aryl methyl sites for hydroxylation is 1. The number of carbonyl (C=O) groups is 1. The smallest absolute Gasteiger partial charge is 0.254 e. The summed E-state index contributed by atoms with van der Waals surface area (Å²) in [6.45, 7) is 4.44. The number of nitrogens with zero attached hydrogens (tertiary/aromatic N) is 3. The zero-order chi connectivity index (χ0) is 19.0. The Labute approximate surface area is 160 Å². The summed E-state index contributed by atoms with van der Waals surface area (Å²) in [5, 5.41) is 1.49. The van der Waals surface area contributed by atoms with Gasteiger partial charge in [0.1, 0.15) is 0 Å². The predicted octanol–water partition coefficient (Wildman–Crippen LogP) is 3.66. The third kappa shape index (κ3) is 3.12. The second kappa shape index (κ2) is 7.16. The van der Waals surface area contributed by atoms with E-state index in [0.29, 0.717) is 17.2 Å². The second-order valence-corrected chi connectivity index (χ2v) is 7.52. The third-order valence-electron chi connectivity index (χ3n) is 5.98. The summed E-state index contributed by atoms with van der Waals surface area (Å²) in [6.07, 6.45) is 4.26. The maximum absolute atomic E-state index is 13.3. The number of likely N-dealkylation sites (tertiary alicyclic amines) is 1. The zero-order valence-corrected chi connectivity index (χ0v) is 15.8. The summed E-state index contributed by atoms with van der Waals surface area (Å²) in [5.74, 6) is 6.37. The number of amides is 1. The fraction of sp³-hybridized carbons (Fsp3) is 0.364. The molecule has 5 heteroatoms. The minimum Gasteiger partial charge on any atom is -0.335 e. The molecule has 5 nitrogen and oxygen atoms in total. The molecular formula is C22H26N4O. The molecule has 0 spiro atoms. The van der Waals surface area contributed by atoms with E-state index in [0.717, 1.165) is 37.9 Å². The Morgan fingerprint density at radius 3 is 2.85 bits per heavy atom. The first-order valence-electron chi connectivity index (χ1n) is 9.58. The Hall–Kier alpha value is -2.66. The molecule has 2 N–H and O–H groups in total. The quantitative estimate of drug-likeness (QED) is 0.515. The molecule has 1 aliphatic heterocycles. The SMILES string of the molecule is C=Nc1cc(C(=O)N2CCCC3c4ccccc4CCC32)ccc1N(C)N. The van der Waals surface area contributed by atoms with E-state index in [9.17, 15) is 4.79 Å². The van der Waals surface area contributed by atoms with Crippen molar-refractivity contribution in [2.24, 2.45) is 10.8 Å². The number of carbonyl (C=O) groups excluding carboxylic acids is 1. The van der Waals surface area contributed by atoms with Crippen LogP contribution >= 0.6 is 0 Å². The van der Waals surface area contributed by atoms with Gasteiger partial charge >= 0.3 is 0 Å². The van der Waals surface area contributed by atoms with E-state index in [1.165, 1.54) is 16.1 Å². The minimum absolute atomic E-state index is 0.0835. The first-order valence-corrected chi connectivity index (χ1v) is 9.58. The van der Waals surface area contributed by atoms with E-state index in [2.05, 4.69) is 40.9 Å². The molecule has 0 bridgehead atoms. The summed E-state index contributed by atoms with van der Waals surface area (Å²) >= 11 is 0. The molecule has 2 aromatic rings. The third-order valence-corrected chi connectivity index (χ3v) is 5.98. The van der Waals surface area contributed by atoms with Gasteiger partial charge in [0, 0.05) is 31.1 Å². The molecule has 2 atom stereocenters. The van der Waals surface area contributed by atoms with Crippen molar-refractivity contribution >= 4 is 24.0 Å². The van der Waals surface area contributed by atoms with Gasteiger partial charge < -0.3 is 9.91 Å². The summed E-state index contributed by atoms with van der Waals surface area (Å²) < 4.78 is 0. The lowest BCUT2D eigenvalue weighted by Gasteiger charge is -2.45. The Bertz CT molecular complexity index is 876. The Kier molecular flexibility index (Phi) is 4.70. The van der Waals surface area contributed by atoms with Gasteiger partial charge in [-0.15, -0.1) is 0 Å². The summed E-state index contributed by atoms with van der Waals surface area (Å²) in [4.78, 5) is 19.5. The molecule has 0 radical (unpaired) electrons. The number of fused-ring (bicyclic) bond motifs is 3. The maximum atomic E-state index is 13.3. The van der Waals surface area contributed by atoms with Crippen LogP contribution in [0.4, 0.5) is 11.4 Å². The van der Waals surface area contributed by atoms with Gasteiger partial charge in [0.25, 0.3) is 5.91 Å². The predicted molar refractivity (Wildman–Crippen MR) is 110 cm³/mol. The van der Waals surface area contributed by atoms with Crippen LogP contribution in [0.25, 0.3) is 0 Å². The fourth-order valence-corrected chi connectivity index (χ4v) is 4.70. The molecule has 1 amide bonds. The average molecular weight is 362 g/mol. The maximum Gasteiger partial charge on any atom is 0.254 e. The summed E-state index contributed by atoms with van der Waals surface area (Å²) in [7, 11) is 1.75. The van der Waals surface area contributed by atoms with Gasteiger partial charge in [-0.3, -0.25) is 9.79 Å². The van der Waals surface area contributed by atoms with Crippen molar-refractivity contribution in [2.45, 2.75) is 37.6 Å². The van der Waals surface area contributed by atoms with Crippen LogP contribution in [-0.4, -0.2) is 37.2 Å². The van der Waals surface area contributed by atoms with E-state index in [1.807, 2.05) is 12.1 Å². The molecule has 1 aliphatic carbocycles. The summed E-state index contributed by atoms with van der Waals surface area (Å²) in [6, 6.07) is 14.5. The number of hydrazine groups is 1. The molecule has 0 saturated carbocycles. The number of hydrogen-bond donors (Lipinski definition) is 1. The number of piperidine rings is 1. The molecule has 2 aliphatic rings. The minimum atomic E-state index is 0.0835. The molecule has 27 heavy (non-hydrogen) atoms. The van der Waals surface area contributed by atoms with Crippen LogP contribution in [-0.2, 0) is 6.42 Å². The molecule has 140 valence electrons. The van der Waals surface area contributed by atoms with Crippen LogP contribution in [0.3, 0.4) is 0 Å². The number of rotatable bonds is 3. The molecular weight excluding hydrogens is 336 g/mol. The van der Waals surface area contributed by atoms with Gasteiger partial charge in [0.15, 0.2) is 0 Å². The Morgan fingerprint density at radius 1 is 1.26 bits per heavy atom. The largest absolute Gasteiger partial charge is 0.335 e.